The molecule has 1 aromatic heterocycles. The molecule has 0 radical (unpaired) electrons. The summed E-state index contributed by atoms with van der Waals surface area (Å²) >= 11 is 0. The van der Waals surface area contributed by atoms with Gasteiger partial charge in [-0.3, -0.25) is 4.79 Å². The number of nitrogens with two attached hydrogens (primary N) is 1. The van der Waals surface area contributed by atoms with Crippen molar-refractivity contribution in [2.45, 2.75) is 13.0 Å². The Morgan fingerprint density at radius 3 is 2.39 bits per heavy atom. The number of para-hydroxylation sites is 1. The zero-order valence-electron chi connectivity index (χ0n) is 13.1. The molecule has 5 nitrogen and oxygen atoms in total. The first-order valence-electron chi connectivity index (χ1n) is 6.87. The molecule has 0 aliphatic carbocycles. The second-order valence-electron chi connectivity index (χ2n) is 4.91. The summed E-state index contributed by atoms with van der Waals surface area (Å²) in [5.74, 6) is 0.624. The summed E-state index contributed by atoms with van der Waals surface area (Å²) < 4.78 is 0. The Morgan fingerprint density at radius 1 is 1.22 bits per heavy atom. The van der Waals surface area contributed by atoms with Crippen LogP contribution in [0.5, 0.6) is 0 Å². The predicted octanol–water partition coefficient (Wildman–Crippen LogP) is 2.77. The van der Waals surface area contributed by atoms with Crippen LogP contribution in [0.3, 0.4) is 0 Å². The quantitative estimate of drug-likeness (QED) is 0.863. The first kappa shape index (κ1) is 21.2. The number of hydrogen-bond donors (Lipinski definition) is 2. The van der Waals surface area contributed by atoms with Crippen molar-refractivity contribution >= 4 is 42.2 Å². The minimum Gasteiger partial charge on any atom is -0.348 e. The van der Waals surface area contributed by atoms with E-state index in [1.165, 1.54) is 0 Å². The van der Waals surface area contributed by atoms with Gasteiger partial charge in [0.15, 0.2) is 0 Å². The van der Waals surface area contributed by atoms with Crippen molar-refractivity contribution in [1.29, 1.82) is 0 Å². The number of pyridine rings is 1. The SMILES string of the molecule is C[C@@H](CN)NC(=O)c1ccc(N(C)c2ccccc2)nc1.Cl.Cl. The first-order chi connectivity index (χ1) is 10.1. The van der Waals surface area contributed by atoms with E-state index in [0.29, 0.717) is 12.1 Å². The van der Waals surface area contributed by atoms with Crippen molar-refractivity contribution in [2.75, 3.05) is 18.5 Å². The first-order valence-corrected chi connectivity index (χ1v) is 6.87. The largest absolute Gasteiger partial charge is 0.348 e. The molecule has 1 amide bonds. The minimum atomic E-state index is -0.158. The predicted molar refractivity (Wildman–Crippen MR) is 99.2 cm³/mol. The van der Waals surface area contributed by atoms with E-state index >= 15 is 0 Å². The highest BCUT2D eigenvalue weighted by atomic mass is 35.5. The molecule has 23 heavy (non-hydrogen) atoms. The Labute approximate surface area is 149 Å². The number of rotatable bonds is 5. The van der Waals surface area contributed by atoms with Crippen LogP contribution in [0, 0.1) is 0 Å². The van der Waals surface area contributed by atoms with Gasteiger partial charge in [-0.15, -0.1) is 24.8 Å². The molecular weight excluding hydrogens is 335 g/mol. The number of nitrogens with zero attached hydrogens (tertiary/aromatic N) is 2. The van der Waals surface area contributed by atoms with Gasteiger partial charge < -0.3 is 16.0 Å². The van der Waals surface area contributed by atoms with Gasteiger partial charge >= 0.3 is 0 Å². The maximum Gasteiger partial charge on any atom is 0.253 e. The third-order valence-corrected chi connectivity index (χ3v) is 3.23. The highest BCUT2D eigenvalue weighted by Gasteiger charge is 2.10. The van der Waals surface area contributed by atoms with Gasteiger partial charge in [0.25, 0.3) is 5.91 Å². The average Bonchev–Trinajstić information content (AvgIpc) is 2.55. The molecule has 0 fully saturated rings. The fourth-order valence-electron chi connectivity index (χ4n) is 1.87. The van der Waals surface area contributed by atoms with Crippen LogP contribution in [0.4, 0.5) is 11.5 Å². The molecule has 1 atom stereocenters. The van der Waals surface area contributed by atoms with Gasteiger partial charge in [-0.2, -0.15) is 0 Å². The maximum atomic E-state index is 11.9. The number of nitrogens with one attached hydrogen (secondary N) is 1. The summed E-state index contributed by atoms with van der Waals surface area (Å²) in [7, 11) is 1.94. The van der Waals surface area contributed by atoms with Gasteiger partial charge in [0, 0.05) is 31.5 Å². The van der Waals surface area contributed by atoms with Crippen LogP contribution in [-0.2, 0) is 0 Å². The monoisotopic (exact) mass is 356 g/mol. The van der Waals surface area contributed by atoms with Gasteiger partial charge in [-0.25, -0.2) is 4.98 Å². The molecule has 0 spiro atoms. The Balaban J connectivity index is 0.00000242. The number of halogens is 2. The lowest BCUT2D eigenvalue weighted by molar-refractivity contribution is 0.0941. The Bertz CT molecular complexity index is 593. The standard InChI is InChI=1S/C16H20N4O.2ClH/c1-12(10-17)19-16(21)13-8-9-15(18-11-13)20(2)14-6-4-3-5-7-14;;/h3-9,11-12H,10,17H2,1-2H3,(H,19,21);2*1H/t12-;;/m0../s1. The number of amides is 1. The zero-order valence-corrected chi connectivity index (χ0v) is 14.7. The molecular formula is C16H22Cl2N4O. The molecule has 0 bridgehead atoms. The summed E-state index contributed by atoms with van der Waals surface area (Å²) in [6, 6.07) is 13.5. The zero-order chi connectivity index (χ0) is 15.2. The topological polar surface area (TPSA) is 71.2 Å². The third kappa shape index (κ3) is 5.71. The average molecular weight is 357 g/mol. The highest BCUT2D eigenvalue weighted by Crippen LogP contribution is 2.20. The van der Waals surface area contributed by atoms with E-state index in [4.69, 9.17) is 5.73 Å². The van der Waals surface area contributed by atoms with Crippen LogP contribution >= 0.6 is 24.8 Å². The van der Waals surface area contributed by atoms with Gasteiger partial charge in [0.1, 0.15) is 5.82 Å². The van der Waals surface area contributed by atoms with Crippen LogP contribution in [0.15, 0.2) is 48.7 Å². The van der Waals surface area contributed by atoms with Crippen molar-refractivity contribution in [3.63, 3.8) is 0 Å². The van der Waals surface area contributed by atoms with E-state index in [2.05, 4.69) is 10.3 Å². The van der Waals surface area contributed by atoms with Crippen LogP contribution < -0.4 is 16.0 Å². The van der Waals surface area contributed by atoms with Crippen molar-refractivity contribution in [1.82, 2.24) is 10.3 Å². The van der Waals surface area contributed by atoms with E-state index in [1.54, 1.807) is 12.3 Å². The number of carbonyl (C=O) groups excluding carboxylic acids is 1. The minimum absolute atomic E-state index is 0. The number of carbonyl (C=O) groups is 1. The maximum absolute atomic E-state index is 11.9. The molecule has 1 aromatic carbocycles. The lowest BCUT2D eigenvalue weighted by Gasteiger charge is -2.18. The molecule has 0 saturated heterocycles. The van der Waals surface area contributed by atoms with E-state index in [0.717, 1.165) is 11.5 Å². The van der Waals surface area contributed by atoms with Gasteiger partial charge in [-0.1, -0.05) is 18.2 Å². The summed E-state index contributed by atoms with van der Waals surface area (Å²) in [6.45, 7) is 2.27. The van der Waals surface area contributed by atoms with E-state index in [9.17, 15) is 4.79 Å². The molecule has 2 rings (SSSR count). The fourth-order valence-corrected chi connectivity index (χ4v) is 1.87. The second-order valence-corrected chi connectivity index (χ2v) is 4.91. The number of aromatic nitrogens is 1. The van der Waals surface area contributed by atoms with Crippen molar-refractivity contribution in [3.8, 4) is 0 Å². The lowest BCUT2D eigenvalue weighted by Crippen LogP contribution is -2.37. The van der Waals surface area contributed by atoms with Gasteiger partial charge in [0.2, 0.25) is 0 Å². The Kier molecular flexibility index (Phi) is 9.25. The van der Waals surface area contributed by atoms with Crippen molar-refractivity contribution in [3.05, 3.63) is 54.2 Å². The summed E-state index contributed by atoms with van der Waals surface area (Å²) in [4.78, 5) is 18.3. The van der Waals surface area contributed by atoms with Crippen LogP contribution in [0.1, 0.15) is 17.3 Å². The normalized spacial score (nSPS) is 10.7. The second kappa shape index (κ2) is 10.0. The summed E-state index contributed by atoms with van der Waals surface area (Å²) in [5, 5.41) is 2.81. The Morgan fingerprint density at radius 2 is 1.87 bits per heavy atom. The summed E-state index contributed by atoms with van der Waals surface area (Å²) in [6.07, 6.45) is 1.58. The smallest absolute Gasteiger partial charge is 0.253 e. The lowest BCUT2D eigenvalue weighted by atomic mass is 10.2. The Hall–Kier alpha value is -1.82. The highest BCUT2D eigenvalue weighted by molar-refractivity contribution is 5.94. The van der Waals surface area contributed by atoms with Crippen LogP contribution in [0.25, 0.3) is 0 Å². The molecule has 0 aliphatic heterocycles. The van der Waals surface area contributed by atoms with Gasteiger partial charge in [-0.05, 0) is 31.2 Å². The molecule has 3 N–H and O–H groups in total. The van der Waals surface area contributed by atoms with Crippen molar-refractivity contribution in [2.24, 2.45) is 5.73 Å². The molecule has 0 unspecified atom stereocenters. The molecule has 0 saturated carbocycles. The molecule has 2 aromatic rings. The van der Waals surface area contributed by atoms with Crippen LogP contribution in [0.2, 0.25) is 0 Å². The molecule has 1 heterocycles. The molecule has 7 heteroatoms. The van der Waals surface area contributed by atoms with Crippen molar-refractivity contribution < 1.29 is 4.79 Å². The molecule has 0 aliphatic rings. The van der Waals surface area contributed by atoms with Crippen LogP contribution in [-0.4, -0.2) is 30.5 Å². The van der Waals surface area contributed by atoms with Gasteiger partial charge in [0.05, 0.1) is 5.56 Å². The third-order valence-electron chi connectivity index (χ3n) is 3.23. The molecule has 126 valence electrons. The number of benzene rings is 1. The number of hydrogen-bond acceptors (Lipinski definition) is 4. The fraction of sp³-hybridized carbons (Fsp3) is 0.250. The van der Waals surface area contributed by atoms with E-state index in [1.807, 2.05) is 55.3 Å². The van der Waals surface area contributed by atoms with E-state index in [-0.39, 0.29) is 36.8 Å². The summed E-state index contributed by atoms with van der Waals surface area (Å²) in [5.41, 5.74) is 7.06. The van der Waals surface area contributed by atoms with E-state index < -0.39 is 0 Å². The number of anilines is 2.